The van der Waals surface area contributed by atoms with Crippen LogP contribution in [0.4, 0.5) is 13.2 Å². The van der Waals surface area contributed by atoms with Crippen molar-refractivity contribution >= 4 is 27.7 Å². The molecular formula is C20H27BrF3N3O2. The lowest BCUT2D eigenvalue weighted by atomic mass is 9.91. The molecule has 2 N–H and O–H groups in total. The largest absolute Gasteiger partial charge is 0.402 e. The van der Waals surface area contributed by atoms with Crippen LogP contribution in [0.3, 0.4) is 0 Å². The number of benzene rings is 1. The molecule has 2 rings (SSSR count). The quantitative estimate of drug-likeness (QED) is 0.630. The van der Waals surface area contributed by atoms with Crippen LogP contribution in [-0.4, -0.2) is 55.6 Å². The molecule has 1 aromatic rings. The van der Waals surface area contributed by atoms with Crippen LogP contribution in [0.5, 0.6) is 0 Å². The zero-order chi connectivity index (χ0) is 21.7. The molecule has 1 heterocycles. The van der Waals surface area contributed by atoms with Crippen molar-refractivity contribution in [1.29, 1.82) is 0 Å². The van der Waals surface area contributed by atoms with Gasteiger partial charge >= 0.3 is 6.18 Å². The van der Waals surface area contributed by atoms with Gasteiger partial charge in [-0.2, -0.15) is 13.2 Å². The fourth-order valence-electron chi connectivity index (χ4n) is 3.06. The lowest BCUT2D eigenvalue weighted by Gasteiger charge is -2.32. The predicted octanol–water partition coefficient (Wildman–Crippen LogP) is 3.60. The highest BCUT2D eigenvalue weighted by molar-refractivity contribution is 9.10. The van der Waals surface area contributed by atoms with Gasteiger partial charge in [-0.3, -0.25) is 9.59 Å². The summed E-state index contributed by atoms with van der Waals surface area (Å²) >= 11 is 3.35. The third kappa shape index (κ3) is 6.70. The number of piperidine rings is 1. The molecule has 5 nitrogen and oxygen atoms in total. The van der Waals surface area contributed by atoms with E-state index >= 15 is 0 Å². The molecule has 1 aliphatic heterocycles. The van der Waals surface area contributed by atoms with Gasteiger partial charge in [0.05, 0.1) is 0 Å². The normalized spacial score (nSPS) is 16.5. The zero-order valence-corrected chi connectivity index (χ0v) is 18.2. The molecule has 0 aliphatic carbocycles. The summed E-state index contributed by atoms with van der Waals surface area (Å²) in [5.74, 6) is -0.750. The number of hydrogen-bond donors (Lipinski definition) is 2. The van der Waals surface area contributed by atoms with Crippen molar-refractivity contribution in [3.05, 3.63) is 34.3 Å². The summed E-state index contributed by atoms with van der Waals surface area (Å²) in [6.45, 7) is 4.63. The number of likely N-dealkylation sites (tertiary alicyclic amines) is 1. The number of nitrogens with one attached hydrogen (secondary N) is 2. The highest BCUT2D eigenvalue weighted by atomic mass is 79.9. The lowest BCUT2D eigenvalue weighted by Crippen LogP contribution is -2.49. The van der Waals surface area contributed by atoms with Crippen LogP contribution in [0.15, 0.2) is 28.7 Å². The Morgan fingerprint density at radius 1 is 1.17 bits per heavy atom. The van der Waals surface area contributed by atoms with E-state index in [0.29, 0.717) is 24.6 Å². The Bertz CT molecular complexity index is 717. The van der Waals surface area contributed by atoms with Crippen molar-refractivity contribution in [2.75, 3.05) is 32.7 Å². The first-order valence-corrected chi connectivity index (χ1v) is 10.4. The number of nitrogens with zero attached hydrogens (tertiary/aromatic N) is 1. The maximum absolute atomic E-state index is 12.9. The second kappa shape index (κ2) is 9.93. The molecular weight excluding hydrogens is 451 g/mol. The summed E-state index contributed by atoms with van der Waals surface area (Å²) in [4.78, 5) is 26.1. The molecule has 0 radical (unpaired) electrons. The smallest absolute Gasteiger partial charge is 0.354 e. The van der Waals surface area contributed by atoms with Crippen LogP contribution < -0.4 is 10.6 Å². The number of rotatable bonds is 7. The minimum absolute atomic E-state index is 0.108. The van der Waals surface area contributed by atoms with E-state index in [4.69, 9.17) is 0 Å². The van der Waals surface area contributed by atoms with E-state index in [9.17, 15) is 22.8 Å². The Morgan fingerprint density at radius 2 is 1.83 bits per heavy atom. The van der Waals surface area contributed by atoms with Crippen molar-refractivity contribution in [3.63, 3.8) is 0 Å². The summed E-state index contributed by atoms with van der Waals surface area (Å²) < 4.78 is 39.4. The summed E-state index contributed by atoms with van der Waals surface area (Å²) in [5, 5.41) is 5.35. The van der Waals surface area contributed by atoms with Crippen molar-refractivity contribution in [3.8, 4) is 0 Å². The Kier molecular flexibility index (Phi) is 8.10. The van der Waals surface area contributed by atoms with Gasteiger partial charge in [0.25, 0.3) is 5.91 Å². The Labute approximate surface area is 177 Å². The molecule has 0 unspecified atom stereocenters. The molecule has 29 heavy (non-hydrogen) atoms. The molecule has 0 saturated carbocycles. The number of carbonyl (C=O) groups is 2. The summed E-state index contributed by atoms with van der Waals surface area (Å²) in [6, 6.07) is 7.20. The van der Waals surface area contributed by atoms with Crippen LogP contribution in [-0.2, 0) is 4.79 Å². The second-order valence-electron chi connectivity index (χ2n) is 7.88. The van der Waals surface area contributed by atoms with Crippen molar-refractivity contribution < 1.29 is 22.8 Å². The van der Waals surface area contributed by atoms with Crippen LogP contribution in [0, 0.1) is 11.3 Å². The van der Waals surface area contributed by atoms with Gasteiger partial charge in [0, 0.05) is 29.7 Å². The Balaban J connectivity index is 1.66. The number of hydrogen-bond acceptors (Lipinski definition) is 3. The standard InChI is InChI=1S/C20H27BrF3N3O2/c1-19(2,20(22,23)24)18(29)25-8-11-27-9-6-14(7-10-27)13-26-17(28)15-4-3-5-16(21)12-15/h3-5,12,14H,6-11,13H2,1-2H3,(H,25,29)(H,26,28). The average molecular weight is 478 g/mol. The van der Waals surface area contributed by atoms with Crippen LogP contribution >= 0.6 is 15.9 Å². The van der Waals surface area contributed by atoms with E-state index in [1.165, 1.54) is 0 Å². The van der Waals surface area contributed by atoms with E-state index in [0.717, 1.165) is 44.3 Å². The van der Waals surface area contributed by atoms with Gasteiger partial charge in [0.1, 0.15) is 5.41 Å². The van der Waals surface area contributed by atoms with Crippen LogP contribution in [0.2, 0.25) is 0 Å². The van der Waals surface area contributed by atoms with Gasteiger partial charge in [-0.05, 0) is 63.9 Å². The first-order chi connectivity index (χ1) is 13.5. The number of halogens is 4. The summed E-state index contributed by atoms with van der Waals surface area (Å²) in [5.41, 5.74) is -1.79. The van der Waals surface area contributed by atoms with Gasteiger partial charge in [0.15, 0.2) is 0 Å². The van der Waals surface area contributed by atoms with E-state index < -0.39 is 17.5 Å². The molecule has 162 valence electrons. The molecule has 9 heteroatoms. The SMILES string of the molecule is CC(C)(C(=O)NCCN1CCC(CNC(=O)c2cccc(Br)c2)CC1)C(F)(F)F. The van der Waals surface area contributed by atoms with E-state index in [1.54, 1.807) is 12.1 Å². The fourth-order valence-corrected chi connectivity index (χ4v) is 3.46. The number of amides is 2. The zero-order valence-electron chi connectivity index (χ0n) is 16.6. The lowest BCUT2D eigenvalue weighted by molar-refractivity contribution is -0.211. The molecule has 1 aromatic carbocycles. The third-order valence-electron chi connectivity index (χ3n) is 5.34. The fraction of sp³-hybridized carbons (Fsp3) is 0.600. The Morgan fingerprint density at radius 3 is 2.41 bits per heavy atom. The van der Waals surface area contributed by atoms with Crippen molar-refractivity contribution in [2.24, 2.45) is 11.3 Å². The highest BCUT2D eigenvalue weighted by Gasteiger charge is 2.52. The number of alkyl halides is 3. The maximum Gasteiger partial charge on any atom is 0.402 e. The topological polar surface area (TPSA) is 61.4 Å². The maximum atomic E-state index is 12.9. The molecule has 1 aliphatic rings. The molecule has 0 atom stereocenters. The highest BCUT2D eigenvalue weighted by Crippen LogP contribution is 2.37. The minimum Gasteiger partial charge on any atom is -0.354 e. The second-order valence-corrected chi connectivity index (χ2v) is 8.80. The van der Waals surface area contributed by atoms with Crippen molar-refractivity contribution in [1.82, 2.24) is 15.5 Å². The molecule has 1 fully saturated rings. The van der Waals surface area contributed by atoms with Gasteiger partial charge in [0.2, 0.25) is 5.91 Å². The van der Waals surface area contributed by atoms with E-state index in [-0.39, 0.29) is 12.5 Å². The molecule has 2 amide bonds. The molecule has 0 aromatic heterocycles. The monoisotopic (exact) mass is 477 g/mol. The summed E-state index contributed by atoms with van der Waals surface area (Å²) in [6.07, 6.45) is -2.79. The van der Waals surface area contributed by atoms with Crippen molar-refractivity contribution in [2.45, 2.75) is 32.9 Å². The number of carbonyl (C=O) groups excluding carboxylic acids is 2. The molecule has 0 bridgehead atoms. The molecule has 0 spiro atoms. The predicted molar refractivity (Wildman–Crippen MR) is 108 cm³/mol. The van der Waals surface area contributed by atoms with Gasteiger partial charge in [-0.25, -0.2) is 0 Å². The summed E-state index contributed by atoms with van der Waals surface area (Å²) in [7, 11) is 0. The average Bonchev–Trinajstić information content (AvgIpc) is 2.66. The van der Waals surface area contributed by atoms with Gasteiger partial charge in [-0.1, -0.05) is 22.0 Å². The van der Waals surface area contributed by atoms with Crippen LogP contribution in [0.25, 0.3) is 0 Å². The molecule has 1 saturated heterocycles. The van der Waals surface area contributed by atoms with Crippen LogP contribution in [0.1, 0.15) is 37.0 Å². The Hall–Kier alpha value is -1.61. The first-order valence-electron chi connectivity index (χ1n) is 9.62. The van der Waals surface area contributed by atoms with Gasteiger partial charge in [-0.15, -0.1) is 0 Å². The van der Waals surface area contributed by atoms with E-state index in [2.05, 4.69) is 31.5 Å². The first kappa shape index (κ1) is 23.7. The van der Waals surface area contributed by atoms with E-state index in [1.807, 2.05) is 12.1 Å². The third-order valence-corrected chi connectivity index (χ3v) is 5.83. The minimum atomic E-state index is -4.57. The van der Waals surface area contributed by atoms with Gasteiger partial charge < -0.3 is 15.5 Å².